The van der Waals surface area contributed by atoms with Crippen molar-refractivity contribution in [2.75, 3.05) is 39.8 Å². The van der Waals surface area contributed by atoms with Crippen molar-refractivity contribution >= 4 is 17.3 Å². The molecule has 2 aliphatic rings. The Morgan fingerprint density at radius 2 is 2.08 bits per heavy atom. The summed E-state index contributed by atoms with van der Waals surface area (Å²) in [5, 5.41) is 9.14. The van der Waals surface area contributed by atoms with Crippen LogP contribution in [0.3, 0.4) is 0 Å². The van der Waals surface area contributed by atoms with Gasteiger partial charge in [-0.2, -0.15) is 0 Å². The summed E-state index contributed by atoms with van der Waals surface area (Å²) in [6, 6.07) is 4.86. The molecule has 5 nitrogen and oxygen atoms in total. The summed E-state index contributed by atoms with van der Waals surface area (Å²) >= 11 is 1.86. The summed E-state index contributed by atoms with van der Waals surface area (Å²) in [6.07, 6.45) is 9.33. The molecule has 1 aliphatic heterocycles. The number of ether oxygens (including phenoxy) is 1. The van der Waals surface area contributed by atoms with Crippen LogP contribution in [0.5, 0.6) is 0 Å². The van der Waals surface area contributed by atoms with Gasteiger partial charge in [0.25, 0.3) is 0 Å². The zero-order valence-electron chi connectivity index (χ0n) is 16.1. The maximum absolute atomic E-state index is 5.93. The highest BCUT2D eigenvalue weighted by Gasteiger charge is 2.24. The molecule has 1 atom stereocenters. The lowest BCUT2D eigenvalue weighted by molar-refractivity contribution is 0.0574. The lowest BCUT2D eigenvalue weighted by Gasteiger charge is -2.27. The summed E-state index contributed by atoms with van der Waals surface area (Å²) in [5.41, 5.74) is 0. The van der Waals surface area contributed by atoms with E-state index in [0.717, 1.165) is 32.1 Å². The van der Waals surface area contributed by atoms with Gasteiger partial charge in [0.2, 0.25) is 0 Å². The third kappa shape index (κ3) is 5.96. The van der Waals surface area contributed by atoms with E-state index in [1.54, 1.807) is 0 Å². The van der Waals surface area contributed by atoms with Crippen LogP contribution >= 0.6 is 11.3 Å². The molecule has 1 saturated heterocycles. The number of hydrogen-bond donors (Lipinski definition) is 2. The van der Waals surface area contributed by atoms with Crippen LogP contribution in [0.25, 0.3) is 0 Å². The molecule has 1 aromatic heterocycles. The van der Waals surface area contributed by atoms with Crippen molar-refractivity contribution in [1.29, 1.82) is 0 Å². The number of aliphatic imine (C=N–C) groups is 1. The van der Waals surface area contributed by atoms with Crippen LogP contribution in [-0.4, -0.2) is 56.8 Å². The van der Waals surface area contributed by atoms with Gasteiger partial charge in [0.1, 0.15) is 0 Å². The Bertz CT molecular complexity index is 522. The minimum Gasteiger partial charge on any atom is -0.378 e. The van der Waals surface area contributed by atoms with Crippen LogP contribution in [0, 0.1) is 0 Å². The van der Waals surface area contributed by atoms with Gasteiger partial charge in [0.05, 0.1) is 12.1 Å². The highest BCUT2D eigenvalue weighted by molar-refractivity contribution is 7.10. The summed E-state index contributed by atoms with van der Waals surface area (Å²) in [7, 11) is 1.85. The quantitative estimate of drug-likeness (QED) is 0.393. The molecule has 0 radical (unpaired) electrons. The number of nitrogens with one attached hydrogen (secondary N) is 2. The van der Waals surface area contributed by atoms with E-state index < -0.39 is 0 Å². The second-order valence-corrected chi connectivity index (χ2v) is 8.26. The van der Waals surface area contributed by atoms with Crippen LogP contribution in [0.15, 0.2) is 22.5 Å². The van der Waals surface area contributed by atoms with E-state index in [2.05, 4.69) is 38.0 Å². The molecule has 0 bridgehead atoms. The summed E-state index contributed by atoms with van der Waals surface area (Å²) in [5.74, 6) is 0.895. The smallest absolute Gasteiger partial charge is 0.191 e. The van der Waals surface area contributed by atoms with Crippen LogP contribution in [0.1, 0.15) is 55.9 Å². The molecule has 2 heterocycles. The van der Waals surface area contributed by atoms with Gasteiger partial charge < -0.3 is 15.4 Å². The number of hydrogen-bond acceptors (Lipinski definition) is 4. The Morgan fingerprint density at radius 3 is 2.77 bits per heavy atom. The Kier molecular flexibility index (Phi) is 8.24. The van der Waals surface area contributed by atoms with Gasteiger partial charge in [0.15, 0.2) is 5.96 Å². The lowest BCUT2D eigenvalue weighted by Crippen LogP contribution is -2.42. The fourth-order valence-corrected chi connectivity index (χ4v) is 4.80. The van der Waals surface area contributed by atoms with E-state index in [1.165, 1.54) is 56.5 Å². The summed E-state index contributed by atoms with van der Waals surface area (Å²) in [4.78, 5) is 8.42. The first kappa shape index (κ1) is 19.6. The first-order valence-corrected chi connectivity index (χ1v) is 11.1. The molecule has 6 heteroatoms. The zero-order valence-corrected chi connectivity index (χ0v) is 16.9. The first-order valence-electron chi connectivity index (χ1n) is 10.2. The molecule has 26 heavy (non-hydrogen) atoms. The minimum absolute atomic E-state index is 0.446. The van der Waals surface area contributed by atoms with Gasteiger partial charge in [-0.25, -0.2) is 0 Å². The summed E-state index contributed by atoms with van der Waals surface area (Å²) < 4.78 is 5.93. The maximum atomic E-state index is 5.93. The molecule has 1 saturated carbocycles. The van der Waals surface area contributed by atoms with Crippen molar-refractivity contribution in [2.24, 2.45) is 4.99 Å². The Hall–Kier alpha value is -1.11. The number of likely N-dealkylation sites (tertiary alicyclic amines) is 1. The van der Waals surface area contributed by atoms with Gasteiger partial charge in [-0.1, -0.05) is 18.9 Å². The van der Waals surface area contributed by atoms with Crippen molar-refractivity contribution in [1.82, 2.24) is 15.5 Å². The molecule has 1 aromatic rings. The third-order valence-electron chi connectivity index (χ3n) is 5.41. The van der Waals surface area contributed by atoms with Crippen molar-refractivity contribution in [2.45, 2.75) is 57.1 Å². The number of rotatable bonds is 9. The maximum Gasteiger partial charge on any atom is 0.191 e. The van der Waals surface area contributed by atoms with Gasteiger partial charge in [0, 0.05) is 31.6 Å². The SMILES string of the molecule is CN=C(NCCCOC1CCCC1)NCC(c1cccs1)N1CCCC1. The van der Waals surface area contributed by atoms with Gasteiger partial charge in [-0.05, 0) is 56.6 Å². The molecule has 0 spiro atoms. The molecular formula is C20H34N4OS. The van der Waals surface area contributed by atoms with Crippen molar-refractivity contribution in [3.8, 4) is 0 Å². The molecule has 3 rings (SSSR count). The monoisotopic (exact) mass is 378 g/mol. The molecule has 0 amide bonds. The normalized spacial score (nSPS) is 20.6. The predicted octanol–water partition coefficient (Wildman–Crippen LogP) is 3.40. The average Bonchev–Trinajstić information content (AvgIpc) is 3.43. The predicted molar refractivity (Wildman–Crippen MR) is 110 cm³/mol. The molecule has 0 aromatic carbocycles. The fraction of sp³-hybridized carbons (Fsp3) is 0.750. The van der Waals surface area contributed by atoms with Crippen LogP contribution < -0.4 is 10.6 Å². The van der Waals surface area contributed by atoms with Crippen LogP contribution in [0.4, 0.5) is 0 Å². The van der Waals surface area contributed by atoms with E-state index in [-0.39, 0.29) is 0 Å². The molecule has 1 unspecified atom stereocenters. The number of thiophene rings is 1. The topological polar surface area (TPSA) is 48.9 Å². The average molecular weight is 379 g/mol. The summed E-state index contributed by atoms with van der Waals surface area (Å²) in [6.45, 7) is 5.06. The second-order valence-electron chi connectivity index (χ2n) is 7.28. The standard InChI is InChI=1S/C20H34N4OS/c1-21-20(22-11-7-14-25-17-8-2-3-9-17)23-16-18(19-10-6-15-26-19)24-12-4-5-13-24/h6,10,15,17-18H,2-5,7-9,11-14,16H2,1H3,(H2,21,22,23). The van der Waals surface area contributed by atoms with Crippen LogP contribution in [-0.2, 0) is 4.74 Å². The van der Waals surface area contributed by atoms with E-state index >= 15 is 0 Å². The molecule has 2 N–H and O–H groups in total. The minimum atomic E-state index is 0.446. The fourth-order valence-electron chi connectivity index (χ4n) is 3.94. The van der Waals surface area contributed by atoms with Crippen LogP contribution in [0.2, 0.25) is 0 Å². The van der Waals surface area contributed by atoms with Crippen molar-refractivity contribution in [3.63, 3.8) is 0 Å². The van der Waals surface area contributed by atoms with Crippen molar-refractivity contribution in [3.05, 3.63) is 22.4 Å². The molecule has 2 fully saturated rings. The van der Waals surface area contributed by atoms with E-state index in [1.807, 2.05) is 18.4 Å². The van der Waals surface area contributed by atoms with Crippen molar-refractivity contribution < 1.29 is 4.74 Å². The Balaban J connectivity index is 1.37. The Morgan fingerprint density at radius 1 is 1.27 bits per heavy atom. The van der Waals surface area contributed by atoms with E-state index in [0.29, 0.717) is 12.1 Å². The first-order chi connectivity index (χ1) is 12.9. The highest BCUT2D eigenvalue weighted by Crippen LogP contribution is 2.27. The largest absolute Gasteiger partial charge is 0.378 e. The third-order valence-corrected chi connectivity index (χ3v) is 6.38. The number of guanidine groups is 1. The highest BCUT2D eigenvalue weighted by atomic mass is 32.1. The second kappa shape index (κ2) is 10.9. The van der Waals surface area contributed by atoms with Gasteiger partial charge in [-0.15, -0.1) is 11.3 Å². The molecular weight excluding hydrogens is 344 g/mol. The van der Waals surface area contributed by atoms with Gasteiger partial charge in [-0.3, -0.25) is 9.89 Å². The lowest BCUT2D eigenvalue weighted by atomic mass is 10.2. The molecule has 1 aliphatic carbocycles. The Labute approximate surface area is 162 Å². The van der Waals surface area contributed by atoms with Gasteiger partial charge >= 0.3 is 0 Å². The van der Waals surface area contributed by atoms with E-state index in [4.69, 9.17) is 4.74 Å². The zero-order chi connectivity index (χ0) is 18.0. The van der Waals surface area contributed by atoms with E-state index in [9.17, 15) is 0 Å². The molecule has 146 valence electrons. The number of nitrogens with zero attached hydrogens (tertiary/aromatic N) is 2.